The molecule has 1 aromatic rings. The van der Waals surface area contributed by atoms with Gasteiger partial charge in [0.1, 0.15) is 6.29 Å². The number of aromatic hydroxyl groups is 1. The zero-order valence-electron chi connectivity index (χ0n) is 8.51. The predicted octanol–water partition coefficient (Wildman–Crippen LogP) is 2.13. The molecule has 1 unspecified atom stereocenters. The molecule has 0 heterocycles. The molecule has 0 fully saturated rings. The second-order valence-corrected chi connectivity index (χ2v) is 3.43. The number of nitro groups is 1. The van der Waals surface area contributed by atoms with Crippen molar-refractivity contribution in [1.29, 1.82) is 0 Å². The lowest BCUT2D eigenvalue weighted by atomic mass is 9.97. The summed E-state index contributed by atoms with van der Waals surface area (Å²) in [7, 11) is 0. The molecule has 86 valence electrons. The normalized spacial score (nSPS) is 12.1. The molecule has 0 aliphatic heterocycles. The molecule has 0 amide bonds. The van der Waals surface area contributed by atoms with Crippen LogP contribution in [0.3, 0.4) is 0 Å². The number of carbonyl (C=O) groups is 1. The highest BCUT2D eigenvalue weighted by molar-refractivity contribution is 5.54. The van der Waals surface area contributed by atoms with E-state index in [1.807, 2.05) is 0 Å². The van der Waals surface area contributed by atoms with Gasteiger partial charge < -0.3 is 9.90 Å². The molecule has 0 aliphatic carbocycles. The number of nitro benzene ring substituents is 1. The zero-order chi connectivity index (χ0) is 12.3. The highest BCUT2D eigenvalue weighted by Gasteiger charge is 2.19. The number of carbonyl (C=O) groups excluding carboxylic acids is 1. The number of aldehydes is 1. The monoisotopic (exact) mass is 227 g/mol. The van der Waals surface area contributed by atoms with Crippen molar-refractivity contribution in [1.82, 2.24) is 0 Å². The quantitative estimate of drug-likeness (QED) is 0.485. The van der Waals surface area contributed by atoms with E-state index in [4.69, 9.17) is 0 Å². The van der Waals surface area contributed by atoms with E-state index in [-0.39, 0.29) is 12.0 Å². The molecule has 1 aromatic carbocycles. The Labute approximate surface area is 90.7 Å². The first-order valence-corrected chi connectivity index (χ1v) is 4.57. The summed E-state index contributed by atoms with van der Waals surface area (Å²) in [6, 6.07) is 1.72. The van der Waals surface area contributed by atoms with Crippen molar-refractivity contribution in [2.75, 3.05) is 0 Å². The van der Waals surface area contributed by atoms with Crippen LogP contribution >= 0.6 is 0 Å². The summed E-state index contributed by atoms with van der Waals surface area (Å²) in [6.45, 7) is 1.58. The van der Waals surface area contributed by atoms with Crippen molar-refractivity contribution in [3.63, 3.8) is 0 Å². The van der Waals surface area contributed by atoms with E-state index in [9.17, 15) is 24.4 Å². The third-order valence-corrected chi connectivity index (χ3v) is 2.27. The first-order valence-electron chi connectivity index (χ1n) is 4.57. The van der Waals surface area contributed by atoms with Crippen molar-refractivity contribution < 1.29 is 19.2 Å². The van der Waals surface area contributed by atoms with Gasteiger partial charge in [0.25, 0.3) is 5.69 Å². The highest BCUT2D eigenvalue weighted by Crippen LogP contribution is 2.33. The minimum atomic E-state index is -1.05. The number of rotatable bonds is 4. The van der Waals surface area contributed by atoms with Gasteiger partial charge in [0.2, 0.25) is 0 Å². The van der Waals surface area contributed by atoms with Crippen molar-refractivity contribution in [2.45, 2.75) is 19.3 Å². The van der Waals surface area contributed by atoms with Gasteiger partial charge in [0, 0.05) is 18.1 Å². The molecule has 0 bridgehead atoms. The van der Waals surface area contributed by atoms with Crippen molar-refractivity contribution in [3.8, 4) is 5.75 Å². The summed E-state index contributed by atoms with van der Waals surface area (Å²) >= 11 is 0. The number of non-ortho nitro benzene ring substituents is 1. The summed E-state index contributed by atoms with van der Waals surface area (Å²) in [5, 5.41) is 19.9. The van der Waals surface area contributed by atoms with E-state index in [1.165, 1.54) is 0 Å². The third-order valence-electron chi connectivity index (χ3n) is 2.27. The van der Waals surface area contributed by atoms with E-state index in [0.717, 1.165) is 6.07 Å². The smallest absolute Gasteiger partial charge is 0.272 e. The molecule has 0 aliphatic rings. The van der Waals surface area contributed by atoms with Crippen LogP contribution in [0.2, 0.25) is 0 Å². The van der Waals surface area contributed by atoms with Crippen LogP contribution in [0.5, 0.6) is 5.75 Å². The number of halogens is 1. The Morgan fingerprint density at radius 1 is 1.62 bits per heavy atom. The predicted molar refractivity (Wildman–Crippen MR) is 53.8 cm³/mol. The van der Waals surface area contributed by atoms with Crippen LogP contribution in [0, 0.1) is 15.9 Å². The van der Waals surface area contributed by atoms with Crippen LogP contribution in [0.4, 0.5) is 10.1 Å². The summed E-state index contributed by atoms with van der Waals surface area (Å²) in [5.41, 5.74) is -0.373. The first-order chi connectivity index (χ1) is 7.47. The Morgan fingerprint density at radius 2 is 2.25 bits per heavy atom. The Kier molecular flexibility index (Phi) is 3.55. The number of hydrogen-bond donors (Lipinski definition) is 1. The van der Waals surface area contributed by atoms with Gasteiger partial charge in [-0.25, -0.2) is 4.39 Å². The molecular formula is C10H10FNO4. The van der Waals surface area contributed by atoms with E-state index >= 15 is 0 Å². The van der Waals surface area contributed by atoms with Gasteiger partial charge in [0.15, 0.2) is 11.6 Å². The number of hydrogen-bond acceptors (Lipinski definition) is 4. The number of phenols is 1. The van der Waals surface area contributed by atoms with Crippen LogP contribution in [-0.2, 0) is 4.79 Å². The lowest BCUT2D eigenvalue weighted by Crippen LogP contribution is -1.99. The fraction of sp³-hybridized carbons (Fsp3) is 0.300. The number of phenolic OH excluding ortho intramolecular Hbond substituents is 1. The largest absolute Gasteiger partial charge is 0.505 e. The van der Waals surface area contributed by atoms with Crippen LogP contribution in [0.1, 0.15) is 24.8 Å². The molecule has 1 N–H and O–H groups in total. The topological polar surface area (TPSA) is 80.4 Å². The Bertz CT molecular complexity index is 433. The molecule has 0 aromatic heterocycles. The molecule has 0 saturated carbocycles. The molecule has 5 nitrogen and oxygen atoms in total. The molecule has 0 saturated heterocycles. The van der Waals surface area contributed by atoms with E-state index in [0.29, 0.717) is 12.4 Å². The molecule has 1 atom stereocenters. The van der Waals surface area contributed by atoms with Gasteiger partial charge in [-0.15, -0.1) is 0 Å². The summed E-state index contributed by atoms with van der Waals surface area (Å²) < 4.78 is 13.2. The van der Waals surface area contributed by atoms with Gasteiger partial charge >= 0.3 is 0 Å². The fourth-order valence-corrected chi connectivity index (χ4v) is 1.36. The second-order valence-electron chi connectivity index (χ2n) is 3.43. The van der Waals surface area contributed by atoms with Gasteiger partial charge in [-0.1, -0.05) is 6.92 Å². The molecule has 6 heteroatoms. The third kappa shape index (κ3) is 2.33. The fourth-order valence-electron chi connectivity index (χ4n) is 1.36. The number of nitrogens with zero attached hydrogens (tertiary/aromatic N) is 1. The lowest BCUT2D eigenvalue weighted by molar-refractivity contribution is -0.385. The van der Waals surface area contributed by atoms with Gasteiger partial charge in [0.05, 0.1) is 11.0 Å². The van der Waals surface area contributed by atoms with Crippen LogP contribution in [-0.4, -0.2) is 16.3 Å². The van der Waals surface area contributed by atoms with Gasteiger partial charge in [-0.05, 0) is 5.92 Å². The maximum atomic E-state index is 13.2. The minimum Gasteiger partial charge on any atom is -0.505 e. The maximum Gasteiger partial charge on any atom is 0.272 e. The van der Waals surface area contributed by atoms with Gasteiger partial charge in [-0.2, -0.15) is 0 Å². The Hall–Kier alpha value is -1.98. The molecule has 1 rings (SSSR count). The van der Waals surface area contributed by atoms with E-state index < -0.39 is 28.1 Å². The molecule has 16 heavy (non-hydrogen) atoms. The average Bonchev–Trinajstić information content (AvgIpc) is 2.21. The summed E-state index contributed by atoms with van der Waals surface area (Å²) in [5.74, 6) is -2.16. The van der Waals surface area contributed by atoms with Crippen molar-refractivity contribution in [2.24, 2.45) is 0 Å². The molecule has 0 spiro atoms. The summed E-state index contributed by atoms with van der Waals surface area (Å²) in [4.78, 5) is 20.0. The summed E-state index contributed by atoms with van der Waals surface area (Å²) in [6.07, 6.45) is 0.676. The van der Waals surface area contributed by atoms with Crippen LogP contribution in [0.25, 0.3) is 0 Å². The van der Waals surface area contributed by atoms with Gasteiger partial charge in [-0.3, -0.25) is 10.1 Å². The zero-order valence-corrected chi connectivity index (χ0v) is 8.51. The molecule has 0 radical (unpaired) electrons. The first kappa shape index (κ1) is 12.1. The average molecular weight is 227 g/mol. The Balaban J connectivity index is 3.26. The number of benzene rings is 1. The van der Waals surface area contributed by atoms with Crippen LogP contribution < -0.4 is 0 Å². The highest BCUT2D eigenvalue weighted by atomic mass is 19.1. The van der Waals surface area contributed by atoms with Crippen molar-refractivity contribution >= 4 is 12.0 Å². The second kappa shape index (κ2) is 4.69. The Morgan fingerprint density at radius 3 is 2.75 bits per heavy atom. The molecular weight excluding hydrogens is 217 g/mol. The maximum absolute atomic E-state index is 13.2. The lowest BCUT2D eigenvalue weighted by Gasteiger charge is -2.10. The standard InChI is InChI=1S/C10H10FNO4/c1-6(2-3-13)8-4-7(12(15)16)5-9(11)10(8)14/h3-6,14H,2H2,1H3. The SMILES string of the molecule is CC(CC=O)c1cc([N+](=O)[O-])cc(F)c1O. The van der Waals surface area contributed by atoms with E-state index in [2.05, 4.69) is 0 Å². The van der Waals surface area contributed by atoms with Crippen LogP contribution in [0.15, 0.2) is 12.1 Å². The minimum absolute atomic E-state index is 0.0637. The van der Waals surface area contributed by atoms with Crippen molar-refractivity contribution in [3.05, 3.63) is 33.6 Å². The van der Waals surface area contributed by atoms with E-state index in [1.54, 1.807) is 6.92 Å².